The lowest BCUT2D eigenvalue weighted by Gasteiger charge is -2.29. The third kappa shape index (κ3) is 3.64. The molecule has 0 unspecified atom stereocenters. The van der Waals surface area contributed by atoms with E-state index in [1.165, 1.54) is 11.3 Å². The van der Waals surface area contributed by atoms with Crippen LogP contribution < -0.4 is 10.6 Å². The van der Waals surface area contributed by atoms with E-state index in [4.69, 9.17) is 0 Å². The van der Waals surface area contributed by atoms with Gasteiger partial charge in [0, 0.05) is 6.04 Å². The van der Waals surface area contributed by atoms with Crippen molar-refractivity contribution in [2.24, 2.45) is 0 Å². The number of urea groups is 1. The number of carbonyl (C=O) groups excluding carboxylic acids is 1. The first-order chi connectivity index (χ1) is 8.13. The highest BCUT2D eigenvalue weighted by Gasteiger charge is 2.18. The summed E-state index contributed by atoms with van der Waals surface area (Å²) in [5.41, 5.74) is 0. The van der Waals surface area contributed by atoms with Crippen LogP contribution in [-0.2, 0) is 0 Å². The molecule has 0 atom stereocenters. The number of nitrogens with zero attached hydrogens (tertiary/aromatic N) is 3. The van der Waals surface area contributed by atoms with Crippen molar-refractivity contribution in [2.75, 3.05) is 25.5 Å². The highest BCUT2D eigenvalue weighted by molar-refractivity contribution is 7.15. The highest BCUT2D eigenvalue weighted by Crippen LogP contribution is 2.14. The highest BCUT2D eigenvalue weighted by atomic mass is 32.1. The van der Waals surface area contributed by atoms with Crippen LogP contribution in [0.25, 0.3) is 0 Å². The van der Waals surface area contributed by atoms with Gasteiger partial charge >= 0.3 is 6.03 Å². The van der Waals surface area contributed by atoms with Gasteiger partial charge in [0.05, 0.1) is 0 Å². The van der Waals surface area contributed by atoms with Crippen molar-refractivity contribution in [3.63, 3.8) is 0 Å². The molecule has 2 rings (SSSR count). The van der Waals surface area contributed by atoms with Gasteiger partial charge in [-0.2, -0.15) is 0 Å². The van der Waals surface area contributed by atoms with Gasteiger partial charge in [-0.15, -0.1) is 10.2 Å². The number of nitrogens with one attached hydrogen (secondary N) is 2. The number of rotatable bonds is 2. The lowest BCUT2D eigenvalue weighted by molar-refractivity contribution is 0.221. The van der Waals surface area contributed by atoms with Crippen LogP contribution in [0.2, 0.25) is 0 Å². The van der Waals surface area contributed by atoms with Gasteiger partial charge < -0.3 is 10.2 Å². The van der Waals surface area contributed by atoms with E-state index in [1.807, 2.05) is 6.92 Å². The summed E-state index contributed by atoms with van der Waals surface area (Å²) in [4.78, 5) is 13.9. The van der Waals surface area contributed by atoms with E-state index >= 15 is 0 Å². The Labute approximate surface area is 104 Å². The summed E-state index contributed by atoms with van der Waals surface area (Å²) in [6.45, 7) is 3.92. The van der Waals surface area contributed by atoms with Crippen LogP contribution in [-0.4, -0.2) is 47.3 Å². The molecular formula is C10H17N5OS. The van der Waals surface area contributed by atoms with E-state index in [1.54, 1.807) is 0 Å². The number of aryl methyl sites for hydroxylation is 1. The summed E-state index contributed by atoms with van der Waals surface area (Å²) in [5, 5.41) is 14.8. The third-order valence-corrected chi connectivity index (χ3v) is 3.55. The summed E-state index contributed by atoms with van der Waals surface area (Å²) >= 11 is 1.38. The Morgan fingerprint density at radius 3 is 2.71 bits per heavy atom. The lowest BCUT2D eigenvalue weighted by Crippen LogP contribution is -2.44. The predicted molar refractivity (Wildman–Crippen MR) is 67.3 cm³/mol. The molecule has 0 radical (unpaired) electrons. The minimum Gasteiger partial charge on any atom is -0.335 e. The molecule has 0 aliphatic carbocycles. The number of hydrogen-bond donors (Lipinski definition) is 2. The van der Waals surface area contributed by atoms with Crippen LogP contribution in [0.4, 0.5) is 9.93 Å². The molecule has 1 aliphatic heterocycles. The monoisotopic (exact) mass is 255 g/mol. The molecule has 0 spiro atoms. The van der Waals surface area contributed by atoms with E-state index in [2.05, 4.69) is 32.8 Å². The number of aromatic nitrogens is 2. The third-order valence-electron chi connectivity index (χ3n) is 2.80. The molecule has 0 saturated carbocycles. The number of likely N-dealkylation sites (tertiary alicyclic amines) is 1. The molecule has 0 bridgehead atoms. The van der Waals surface area contributed by atoms with Gasteiger partial charge in [0.1, 0.15) is 5.01 Å². The summed E-state index contributed by atoms with van der Waals surface area (Å²) < 4.78 is 0. The van der Waals surface area contributed by atoms with E-state index in [9.17, 15) is 4.79 Å². The van der Waals surface area contributed by atoms with Gasteiger partial charge in [-0.3, -0.25) is 5.32 Å². The zero-order chi connectivity index (χ0) is 12.3. The standard InChI is InChI=1S/C10H17N5OS/c1-7-13-14-10(17-7)12-9(16)11-8-3-5-15(2)6-4-8/h8H,3-6H2,1-2H3,(H2,11,12,14,16). The minimum absolute atomic E-state index is 0.185. The molecule has 2 amide bonds. The van der Waals surface area contributed by atoms with Crippen LogP contribution in [0.15, 0.2) is 0 Å². The molecule has 6 nitrogen and oxygen atoms in total. The zero-order valence-electron chi connectivity index (χ0n) is 10.1. The molecule has 94 valence electrons. The van der Waals surface area contributed by atoms with Gasteiger partial charge in [-0.25, -0.2) is 4.79 Å². The smallest absolute Gasteiger partial charge is 0.321 e. The molecule has 1 fully saturated rings. The van der Waals surface area contributed by atoms with Crippen LogP contribution >= 0.6 is 11.3 Å². The van der Waals surface area contributed by atoms with Crippen LogP contribution in [0.3, 0.4) is 0 Å². The fraction of sp³-hybridized carbons (Fsp3) is 0.700. The molecule has 0 aromatic carbocycles. The van der Waals surface area contributed by atoms with Crippen molar-refractivity contribution in [2.45, 2.75) is 25.8 Å². The van der Waals surface area contributed by atoms with E-state index < -0.39 is 0 Å². The van der Waals surface area contributed by atoms with Gasteiger partial charge in [0.15, 0.2) is 0 Å². The Hall–Kier alpha value is -1.21. The van der Waals surface area contributed by atoms with Gasteiger partial charge in [0.25, 0.3) is 0 Å². The SMILES string of the molecule is Cc1nnc(NC(=O)NC2CCN(C)CC2)s1. The lowest BCUT2D eigenvalue weighted by atomic mass is 10.1. The quantitative estimate of drug-likeness (QED) is 0.829. The second-order valence-electron chi connectivity index (χ2n) is 4.30. The average Bonchev–Trinajstić information content (AvgIpc) is 2.67. The largest absolute Gasteiger partial charge is 0.335 e. The normalized spacial score (nSPS) is 18.0. The molecule has 2 heterocycles. The van der Waals surface area contributed by atoms with E-state index in [-0.39, 0.29) is 12.1 Å². The number of anilines is 1. The van der Waals surface area contributed by atoms with Crippen molar-refractivity contribution in [3.05, 3.63) is 5.01 Å². The average molecular weight is 255 g/mol. The second-order valence-corrected chi connectivity index (χ2v) is 5.48. The molecule has 1 aliphatic rings. The number of hydrogen-bond acceptors (Lipinski definition) is 5. The summed E-state index contributed by atoms with van der Waals surface area (Å²) in [6, 6.07) is 0.0796. The van der Waals surface area contributed by atoms with Gasteiger partial charge in [0.2, 0.25) is 5.13 Å². The second kappa shape index (κ2) is 5.42. The molecule has 17 heavy (non-hydrogen) atoms. The maximum absolute atomic E-state index is 11.7. The summed E-state index contributed by atoms with van der Waals surface area (Å²) in [7, 11) is 2.10. The van der Waals surface area contributed by atoms with Gasteiger partial charge in [-0.1, -0.05) is 11.3 Å². The van der Waals surface area contributed by atoms with E-state index in [0.717, 1.165) is 30.9 Å². The minimum atomic E-state index is -0.185. The number of piperidine rings is 1. The summed E-state index contributed by atoms with van der Waals surface area (Å²) in [5.74, 6) is 0. The molecule has 2 N–H and O–H groups in total. The Morgan fingerprint density at radius 2 is 2.12 bits per heavy atom. The fourth-order valence-electron chi connectivity index (χ4n) is 1.82. The first-order valence-corrected chi connectivity index (χ1v) is 6.51. The van der Waals surface area contributed by atoms with Crippen molar-refractivity contribution in [1.82, 2.24) is 20.4 Å². The molecule has 1 saturated heterocycles. The maximum Gasteiger partial charge on any atom is 0.321 e. The Bertz CT molecular complexity index is 386. The number of carbonyl (C=O) groups is 1. The number of amides is 2. The predicted octanol–water partition coefficient (Wildman–Crippen LogP) is 1.06. The summed E-state index contributed by atoms with van der Waals surface area (Å²) in [6.07, 6.45) is 2.00. The molecule has 7 heteroatoms. The zero-order valence-corrected chi connectivity index (χ0v) is 10.9. The van der Waals surface area contributed by atoms with Gasteiger partial charge in [-0.05, 0) is 39.9 Å². The first-order valence-electron chi connectivity index (χ1n) is 5.69. The topological polar surface area (TPSA) is 70.1 Å². The van der Waals surface area contributed by atoms with Crippen molar-refractivity contribution in [3.8, 4) is 0 Å². The van der Waals surface area contributed by atoms with Crippen LogP contribution in [0, 0.1) is 6.92 Å². The van der Waals surface area contributed by atoms with Crippen LogP contribution in [0.1, 0.15) is 17.8 Å². The van der Waals surface area contributed by atoms with E-state index in [0.29, 0.717) is 5.13 Å². The molecule has 1 aromatic rings. The van der Waals surface area contributed by atoms with Crippen LogP contribution in [0.5, 0.6) is 0 Å². The Morgan fingerprint density at radius 1 is 1.41 bits per heavy atom. The van der Waals surface area contributed by atoms with Crippen molar-refractivity contribution >= 4 is 22.5 Å². The van der Waals surface area contributed by atoms with Crippen molar-refractivity contribution < 1.29 is 4.79 Å². The Kier molecular flexibility index (Phi) is 3.90. The Balaban J connectivity index is 1.77. The van der Waals surface area contributed by atoms with Crippen molar-refractivity contribution in [1.29, 1.82) is 0 Å². The molecular weight excluding hydrogens is 238 g/mol. The first kappa shape index (κ1) is 12.3. The fourth-order valence-corrected chi connectivity index (χ4v) is 2.41. The maximum atomic E-state index is 11.7. The molecule has 1 aromatic heterocycles.